The molecule has 0 aliphatic heterocycles. The maximum absolute atomic E-state index is 11.2. The van der Waals surface area contributed by atoms with Gasteiger partial charge in [-0.3, -0.25) is 4.79 Å². The Morgan fingerprint density at radius 3 is 2.83 bits per heavy atom. The number of carbonyl (C=O) groups is 2. The van der Waals surface area contributed by atoms with Crippen LogP contribution >= 0.6 is 23.4 Å². The van der Waals surface area contributed by atoms with Gasteiger partial charge in [0.15, 0.2) is 0 Å². The minimum atomic E-state index is -1.11. The van der Waals surface area contributed by atoms with Gasteiger partial charge in [-0.2, -0.15) is 5.26 Å². The van der Waals surface area contributed by atoms with Crippen LogP contribution in [-0.2, 0) is 4.79 Å². The van der Waals surface area contributed by atoms with Crippen LogP contribution in [0, 0.1) is 11.3 Å². The number of halogens is 1. The molecule has 18 heavy (non-hydrogen) atoms. The van der Waals surface area contributed by atoms with Gasteiger partial charge in [-0.1, -0.05) is 11.6 Å². The van der Waals surface area contributed by atoms with Crippen LogP contribution in [0.25, 0.3) is 0 Å². The highest BCUT2D eigenvalue weighted by atomic mass is 35.5. The number of nitriles is 1. The molecular weight excluding hydrogens is 276 g/mol. The van der Waals surface area contributed by atoms with Gasteiger partial charge in [0.25, 0.3) is 0 Å². The SMILES string of the molecule is N#CCNC(=O)CSc1ccc(Cl)c(C(=O)O)c1. The zero-order valence-corrected chi connectivity index (χ0v) is 10.7. The normalized spacial score (nSPS) is 9.56. The Morgan fingerprint density at radius 1 is 1.50 bits per heavy atom. The maximum atomic E-state index is 11.2. The van der Waals surface area contributed by atoms with E-state index in [2.05, 4.69) is 5.32 Å². The summed E-state index contributed by atoms with van der Waals surface area (Å²) in [6.07, 6.45) is 0. The number of hydrogen-bond donors (Lipinski definition) is 2. The van der Waals surface area contributed by atoms with Gasteiger partial charge in [-0.15, -0.1) is 11.8 Å². The lowest BCUT2D eigenvalue weighted by atomic mass is 10.2. The topological polar surface area (TPSA) is 90.2 Å². The summed E-state index contributed by atoms with van der Waals surface area (Å²) in [6, 6.07) is 6.31. The van der Waals surface area contributed by atoms with Crippen molar-refractivity contribution < 1.29 is 14.7 Å². The summed E-state index contributed by atoms with van der Waals surface area (Å²) in [4.78, 5) is 22.7. The number of nitrogens with zero attached hydrogens (tertiary/aromatic N) is 1. The standard InChI is InChI=1S/C11H9ClN2O3S/c12-9-2-1-7(5-8(9)11(16)17)18-6-10(15)14-4-3-13/h1-2,5H,4,6H2,(H,14,15)(H,16,17). The fourth-order valence-electron chi connectivity index (χ4n) is 1.10. The molecule has 0 fully saturated rings. The van der Waals surface area contributed by atoms with Crippen molar-refractivity contribution in [3.63, 3.8) is 0 Å². The number of rotatable bonds is 5. The molecule has 0 spiro atoms. The van der Waals surface area contributed by atoms with Crippen LogP contribution in [0.1, 0.15) is 10.4 Å². The number of hydrogen-bond acceptors (Lipinski definition) is 4. The predicted molar refractivity (Wildman–Crippen MR) is 67.8 cm³/mol. The predicted octanol–water partition coefficient (Wildman–Crippen LogP) is 1.77. The third-order valence-corrected chi connectivity index (χ3v) is 3.23. The van der Waals surface area contributed by atoms with E-state index in [9.17, 15) is 9.59 Å². The fourth-order valence-corrected chi connectivity index (χ4v) is 2.06. The first kappa shape index (κ1) is 14.4. The average molecular weight is 285 g/mol. The molecule has 0 aromatic heterocycles. The molecule has 0 aliphatic carbocycles. The molecule has 0 unspecified atom stereocenters. The van der Waals surface area contributed by atoms with Gasteiger partial charge < -0.3 is 10.4 Å². The smallest absolute Gasteiger partial charge is 0.337 e. The van der Waals surface area contributed by atoms with Crippen LogP contribution < -0.4 is 5.32 Å². The van der Waals surface area contributed by atoms with Crippen LogP contribution in [0.2, 0.25) is 5.02 Å². The maximum Gasteiger partial charge on any atom is 0.337 e. The lowest BCUT2D eigenvalue weighted by molar-refractivity contribution is -0.118. The van der Waals surface area contributed by atoms with Gasteiger partial charge in [0.2, 0.25) is 5.91 Å². The summed E-state index contributed by atoms with van der Waals surface area (Å²) in [5.41, 5.74) is -0.000834. The second-order valence-corrected chi connectivity index (χ2v) is 4.63. The number of benzene rings is 1. The van der Waals surface area contributed by atoms with Crippen LogP contribution in [0.15, 0.2) is 23.1 Å². The molecule has 0 saturated carbocycles. The van der Waals surface area contributed by atoms with E-state index < -0.39 is 5.97 Å². The molecule has 1 rings (SSSR count). The summed E-state index contributed by atoms with van der Waals surface area (Å²) in [5.74, 6) is -1.28. The van der Waals surface area contributed by atoms with Gasteiger partial charge in [-0.25, -0.2) is 4.79 Å². The van der Waals surface area contributed by atoms with Crippen LogP contribution in [0.3, 0.4) is 0 Å². The molecule has 94 valence electrons. The number of aromatic carboxylic acids is 1. The van der Waals surface area contributed by atoms with Crippen LogP contribution in [0.5, 0.6) is 0 Å². The molecule has 1 amide bonds. The molecule has 2 N–H and O–H groups in total. The van der Waals surface area contributed by atoms with Crippen molar-refractivity contribution in [2.75, 3.05) is 12.3 Å². The minimum Gasteiger partial charge on any atom is -0.478 e. The van der Waals surface area contributed by atoms with Crippen LogP contribution in [-0.4, -0.2) is 29.3 Å². The van der Waals surface area contributed by atoms with Crippen molar-refractivity contribution in [3.8, 4) is 6.07 Å². The highest BCUT2D eigenvalue weighted by Crippen LogP contribution is 2.24. The Kier molecular flexibility index (Phi) is 5.49. The molecule has 0 aliphatic rings. The zero-order valence-electron chi connectivity index (χ0n) is 9.14. The second-order valence-electron chi connectivity index (χ2n) is 3.17. The first-order valence-corrected chi connectivity index (χ1v) is 6.20. The molecule has 0 bridgehead atoms. The molecular formula is C11H9ClN2O3S. The minimum absolute atomic E-state index is 0.000834. The van der Waals surface area contributed by atoms with E-state index in [1.54, 1.807) is 12.1 Å². The quantitative estimate of drug-likeness (QED) is 0.635. The van der Waals surface area contributed by atoms with Crippen molar-refractivity contribution in [1.29, 1.82) is 5.26 Å². The summed E-state index contributed by atoms with van der Waals surface area (Å²) < 4.78 is 0. The van der Waals surface area contributed by atoms with Crippen LogP contribution in [0.4, 0.5) is 0 Å². The molecule has 0 atom stereocenters. The molecule has 0 radical (unpaired) electrons. The average Bonchev–Trinajstić information content (AvgIpc) is 2.35. The van der Waals surface area contributed by atoms with E-state index in [-0.39, 0.29) is 28.8 Å². The highest BCUT2D eigenvalue weighted by Gasteiger charge is 2.10. The van der Waals surface area contributed by atoms with E-state index in [4.69, 9.17) is 22.0 Å². The Bertz CT molecular complexity index is 514. The van der Waals surface area contributed by atoms with Gasteiger partial charge in [0.05, 0.1) is 22.4 Å². The molecule has 0 saturated heterocycles. The second kappa shape index (κ2) is 6.89. The first-order valence-electron chi connectivity index (χ1n) is 4.84. The lowest BCUT2D eigenvalue weighted by Crippen LogP contribution is -2.25. The number of carboxylic acids is 1. The van der Waals surface area contributed by atoms with Gasteiger partial charge in [0, 0.05) is 4.90 Å². The van der Waals surface area contributed by atoms with Crippen molar-refractivity contribution in [2.24, 2.45) is 0 Å². The third kappa shape index (κ3) is 4.28. The van der Waals surface area contributed by atoms with Crippen molar-refractivity contribution in [1.82, 2.24) is 5.32 Å². The van der Waals surface area contributed by atoms with E-state index >= 15 is 0 Å². The third-order valence-electron chi connectivity index (χ3n) is 1.90. The zero-order chi connectivity index (χ0) is 13.5. The largest absolute Gasteiger partial charge is 0.478 e. The monoisotopic (exact) mass is 284 g/mol. The summed E-state index contributed by atoms with van der Waals surface area (Å²) in [7, 11) is 0. The lowest BCUT2D eigenvalue weighted by Gasteiger charge is -2.04. The Balaban J connectivity index is 2.64. The van der Waals surface area contributed by atoms with E-state index in [1.165, 1.54) is 23.9 Å². The van der Waals surface area contributed by atoms with Gasteiger partial charge in [0.1, 0.15) is 6.54 Å². The molecule has 1 aromatic rings. The molecule has 1 aromatic carbocycles. The number of amides is 1. The molecule has 0 heterocycles. The Labute approximate surface area is 113 Å². The Morgan fingerprint density at radius 2 is 2.22 bits per heavy atom. The number of thioether (sulfide) groups is 1. The van der Waals surface area contributed by atoms with E-state index in [1.807, 2.05) is 0 Å². The number of nitrogens with one attached hydrogen (secondary N) is 1. The summed E-state index contributed by atoms with van der Waals surface area (Å²) >= 11 is 6.89. The first-order chi connectivity index (χ1) is 8.54. The number of carbonyl (C=O) groups excluding carboxylic acids is 1. The summed E-state index contributed by atoms with van der Waals surface area (Å²) in [5, 5.41) is 19.7. The van der Waals surface area contributed by atoms with Gasteiger partial charge in [-0.05, 0) is 18.2 Å². The molecule has 7 heteroatoms. The Hall–Kier alpha value is -1.71. The highest BCUT2D eigenvalue weighted by molar-refractivity contribution is 8.00. The van der Waals surface area contributed by atoms with E-state index in [0.29, 0.717) is 4.90 Å². The number of carboxylic acid groups (broad SMARTS) is 1. The van der Waals surface area contributed by atoms with Gasteiger partial charge >= 0.3 is 5.97 Å². The van der Waals surface area contributed by atoms with Crippen molar-refractivity contribution in [3.05, 3.63) is 28.8 Å². The summed E-state index contributed by atoms with van der Waals surface area (Å²) in [6.45, 7) is -0.0413. The fraction of sp³-hybridized carbons (Fsp3) is 0.182. The van der Waals surface area contributed by atoms with Crippen molar-refractivity contribution >= 4 is 35.2 Å². The van der Waals surface area contributed by atoms with E-state index in [0.717, 1.165) is 0 Å². The molecule has 5 nitrogen and oxygen atoms in total. The van der Waals surface area contributed by atoms with Crippen molar-refractivity contribution in [2.45, 2.75) is 4.90 Å².